The maximum atomic E-state index is 11.9. The fourth-order valence-corrected chi connectivity index (χ4v) is 2.33. The summed E-state index contributed by atoms with van der Waals surface area (Å²) >= 11 is 0. The highest BCUT2D eigenvalue weighted by Gasteiger charge is 2.14. The van der Waals surface area contributed by atoms with Gasteiger partial charge in [-0.15, -0.1) is 5.10 Å². The van der Waals surface area contributed by atoms with Crippen LogP contribution >= 0.6 is 0 Å². The number of aryl methyl sites for hydroxylation is 1. The first-order valence-corrected chi connectivity index (χ1v) is 6.76. The summed E-state index contributed by atoms with van der Waals surface area (Å²) < 4.78 is 13.5. The third kappa shape index (κ3) is 2.03. The van der Waals surface area contributed by atoms with Crippen LogP contribution in [0.2, 0.25) is 0 Å². The molecule has 0 aromatic carbocycles. The van der Waals surface area contributed by atoms with Gasteiger partial charge in [0.1, 0.15) is 5.65 Å². The van der Waals surface area contributed by atoms with Crippen molar-refractivity contribution in [2.45, 2.75) is 13.5 Å². The smallest absolute Gasteiger partial charge is 0.437 e. The predicted molar refractivity (Wildman–Crippen MR) is 77.5 cm³/mol. The normalized spacial score (nSPS) is 11.3. The fourth-order valence-electron chi connectivity index (χ4n) is 2.33. The van der Waals surface area contributed by atoms with Crippen LogP contribution in [0.1, 0.15) is 11.4 Å². The quantitative estimate of drug-likeness (QED) is 0.578. The van der Waals surface area contributed by atoms with Crippen molar-refractivity contribution < 1.29 is 8.83 Å². The molecular formula is C15H12N4O3. The number of aromatic nitrogens is 4. The largest absolute Gasteiger partial charge is 0.459 e. The van der Waals surface area contributed by atoms with Gasteiger partial charge in [0.2, 0.25) is 0 Å². The summed E-state index contributed by atoms with van der Waals surface area (Å²) in [7, 11) is 0. The monoisotopic (exact) mass is 296 g/mol. The van der Waals surface area contributed by atoms with Gasteiger partial charge in [0.25, 0.3) is 5.89 Å². The van der Waals surface area contributed by atoms with Gasteiger partial charge in [0.15, 0.2) is 5.76 Å². The zero-order valence-corrected chi connectivity index (χ0v) is 11.8. The minimum atomic E-state index is -0.542. The van der Waals surface area contributed by atoms with Crippen molar-refractivity contribution in [3.05, 3.63) is 64.7 Å². The molecule has 7 heteroatoms. The molecule has 0 radical (unpaired) electrons. The molecule has 0 aliphatic heterocycles. The maximum Gasteiger partial charge on any atom is 0.437 e. The first kappa shape index (κ1) is 12.6. The summed E-state index contributed by atoms with van der Waals surface area (Å²) in [6, 6.07) is 9.24. The van der Waals surface area contributed by atoms with Gasteiger partial charge in [-0.3, -0.25) is 0 Å². The summed E-state index contributed by atoms with van der Waals surface area (Å²) in [6.45, 7) is 2.24. The molecule has 0 saturated heterocycles. The van der Waals surface area contributed by atoms with Crippen LogP contribution in [0.3, 0.4) is 0 Å². The van der Waals surface area contributed by atoms with E-state index in [1.165, 1.54) is 10.9 Å². The van der Waals surface area contributed by atoms with Gasteiger partial charge in [-0.1, -0.05) is 6.07 Å². The van der Waals surface area contributed by atoms with Crippen LogP contribution in [0.5, 0.6) is 0 Å². The van der Waals surface area contributed by atoms with E-state index >= 15 is 0 Å². The van der Waals surface area contributed by atoms with Crippen molar-refractivity contribution in [2.75, 3.05) is 0 Å². The van der Waals surface area contributed by atoms with Crippen LogP contribution in [-0.4, -0.2) is 19.2 Å². The van der Waals surface area contributed by atoms with Crippen LogP contribution in [0.15, 0.2) is 56.4 Å². The van der Waals surface area contributed by atoms with Gasteiger partial charge < -0.3 is 13.2 Å². The molecular weight excluding hydrogens is 284 g/mol. The Morgan fingerprint density at radius 3 is 2.91 bits per heavy atom. The van der Waals surface area contributed by atoms with Crippen LogP contribution in [0, 0.1) is 6.92 Å². The van der Waals surface area contributed by atoms with Crippen LogP contribution in [-0.2, 0) is 6.54 Å². The summed E-state index contributed by atoms with van der Waals surface area (Å²) in [5, 5.41) is 4.13. The highest BCUT2D eigenvalue weighted by Crippen LogP contribution is 2.15. The van der Waals surface area contributed by atoms with E-state index in [1.807, 2.05) is 35.7 Å². The highest BCUT2D eigenvalue weighted by molar-refractivity contribution is 5.43. The minimum absolute atomic E-state index is 0.162. The lowest BCUT2D eigenvalue weighted by Gasteiger charge is -1.95. The molecule has 4 rings (SSSR count). The number of hydrogen-bond donors (Lipinski definition) is 0. The van der Waals surface area contributed by atoms with E-state index in [1.54, 1.807) is 12.1 Å². The fraction of sp³-hybridized carbons (Fsp3) is 0.133. The molecule has 0 N–H and O–H groups in total. The van der Waals surface area contributed by atoms with E-state index in [9.17, 15) is 4.79 Å². The molecule has 7 nitrogen and oxygen atoms in total. The number of imidazole rings is 1. The van der Waals surface area contributed by atoms with Crippen LogP contribution < -0.4 is 5.76 Å². The lowest BCUT2D eigenvalue weighted by atomic mass is 10.4. The van der Waals surface area contributed by atoms with Crippen LogP contribution in [0.4, 0.5) is 0 Å². The second kappa shape index (κ2) is 4.73. The SMILES string of the molecule is Cc1cccc2nc(Cn3nc(-c4ccco4)oc3=O)cn12. The molecule has 0 atom stereocenters. The Kier molecular flexibility index (Phi) is 2.72. The predicted octanol–water partition coefficient (Wildman–Crippen LogP) is 2.10. The first-order chi connectivity index (χ1) is 10.7. The van der Waals surface area contributed by atoms with E-state index in [2.05, 4.69) is 10.1 Å². The second-order valence-corrected chi connectivity index (χ2v) is 4.94. The number of furan rings is 1. The molecule has 4 aromatic heterocycles. The van der Waals surface area contributed by atoms with Gasteiger partial charge in [0, 0.05) is 11.9 Å². The molecule has 0 saturated carbocycles. The Balaban J connectivity index is 1.70. The molecule has 0 aliphatic rings. The van der Waals surface area contributed by atoms with Crippen LogP contribution in [0.25, 0.3) is 17.3 Å². The summed E-state index contributed by atoms with van der Waals surface area (Å²) in [5.74, 6) is 0.0387. The molecule has 4 aromatic rings. The molecule has 0 bridgehead atoms. The van der Waals surface area contributed by atoms with Gasteiger partial charge in [0.05, 0.1) is 18.5 Å². The Labute approximate surface area is 124 Å². The van der Waals surface area contributed by atoms with Gasteiger partial charge in [-0.25, -0.2) is 9.78 Å². The van der Waals surface area contributed by atoms with Crippen molar-refractivity contribution >= 4 is 5.65 Å². The Morgan fingerprint density at radius 2 is 2.14 bits per heavy atom. The van der Waals surface area contributed by atoms with E-state index in [-0.39, 0.29) is 12.4 Å². The molecule has 110 valence electrons. The topological polar surface area (TPSA) is 78.5 Å². The zero-order chi connectivity index (χ0) is 15.1. The van der Waals surface area contributed by atoms with Crippen molar-refractivity contribution in [3.8, 4) is 11.7 Å². The summed E-state index contributed by atoms with van der Waals surface area (Å²) in [5.41, 5.74) is 2.63. The lowest BCUT2D eigenvalue weighted by molar-refractivity contribution is 0.476. The second-order valence-electron chi connectivity index (χ2n) is 4.94. The number of hydrogen-bond acceptors (Lipinski definition) is 5. The summed E-state index contributed by atoms with van der Waals surface area (Å²) in [6.07, 6.45) is 3.39. The number of nitrogens with zero attached hydrogens (tertiary/aromatic N) is 4. The Morgan fingerprint density at radius 1 is 1.23 bits per heavy atom. The molecule has 0 aliphatic carbocycles. The Bertz CT molecular complexity index is 992. The van der Waals surface area contributed by atoms with E-state index in [0.29, 0.717) is 5.76 Å². The molecule has 0 spiro atoms. The highest BCUT2D eigenvalue weighted by atomic mass is 16.4. The number of rotatable bonds is 3. The number of pyridine rings is 1. The molecule has 0 amide bonds. The maximum absolute atomic E-state index is 11.9. The third-order valence-corrected chi connectivity index (χ3v) is 3.40. The molecule has 4 heterocycles. The molecule has 22 heavy (non-hydrogen) atoms. The van der Waals surface area contributed by atoms with Gasteiger partial charge in [-0.2, -0.15) is 4.68 Å². The number of fused-ring (bicyclic) bond motifs is 1. The summed E-state index contributed by atoms with van der Waals surface area (Å²) in [4.78, 5) is 16.4. The standard InChI is InChI=1S/C15H12N4O3/c1-10-4-2-6-13-16-11(8-18(10)13)9-19-15(20)22-14(17-19)12-5-3-7-21-12/h2-8H,9H2,1H3. The van der Waals surface area contributed by atoms with Crippen molar-refractivity contribution in [2.24, 2.45) is 0 Å². The van der Waals surface area contributed by atoms with E-state index in [4.69, 9.17) is 8.83 Å². The van der Waals surface area contributed by atoms with E-state index in [0.717, 1.165) is 17.0 Å². The van der Waals surface area contributed by atoms with Gasteiger partial charge in [-0.05, 0) is 31.2 Å². The zero-order valence-electron chi connectivity index (χ0n) is 11.8. The molecule has 0 unspecified atom stereocenters. The van der Waals surface area contributed by atoms with Gasteiger partial charge >= 0.3 is 5.76 Å². The average molecular weight is 296 g/mol. The van der Waals surface area contributed by atoms with Crippen molar-refractivity contribution in [3.63, 3.8) is 0 Å². The molecule has 0 fully saturated rings. The van der Waals surface area contributed by atoms with E-state index < -0.39 is 5.76 Å². The third-order valence-electron chi connectivity index (χ3n) is 3.40. The van der Waals surface area contributed by atoms with Crippen molar-refractivity contribution in [1.82, 2.24) is 19.2 Å². The lowest BCUT2D eigenvalue weighted by Crippen LogP contribution is -2.16. The van der Waals surface area contributed by atoms with Crippen molar-refractivity contribution in [1.29, 1.82) is 0 Å². The minimum Gasteiger partial charge on any atom is -0.459 e. The first-order valence-electron chi connectivity index (χ1n) is 6.76. The Hall–Kier alpha value is -3.09. The average Bonchev–Trinajstić information content (AvgIpc) is 3.20.